The van der Waals surface area contributed by atoms with E-state index < -0.39 is 16.9 Å². The van der Waals surface area contributed by atoms with Crippen LogP contribution < -0.4 is 15.5 Å². The van der Waals surface area contributed by atoms with Gasteiger partial charge in [-0.25, -0.2) is 0 Å². The minimum absolute atomic E-state index is 0.0280. The molecule has 0 saturated carbocycles. The van der Waals surface area contributed by atoms with Crippen LogP contribution in [0.1, 0.15) is 31.4 Å². The Labute approximate surface area is 181 Å². The zero-order chi connectivity index (χ0) is 22.2. The Morgan fingerprint density at radius 1 is 1.29 bits per heavy atom. The fourth-order valence-corrected chi connectivity index (χ4v) is 4.43. The maximum atomic E-state index is 13.6. The smallest absolute Gasteiger partial charge is 0.241 e. The highest BCUT2D eigenvalue weighted by molar-refractivity contribution is 6.09. The van der Waals surface area contributed by atoms with Crippen LogP contribution in [0.15, 0.2) is 48.5 Å². The van der Waals surface area contributed by atoms with E-state index in [1.54, 1.807) is 29.2 Å². The first kappa shape index (κ1) is 21.0. The molecule has 2 aromatic rings. The van der Waals surface area contributed by atoms with Crippen LogP contribution in [0.3, 0.4) is 0 Å². The topological polar surface area (TPSA) is 105 Å². The fraction of sp³-hybridized carbons (Fsp3) is 0.375. The van der Waals surface area contributed by atoms with Crippen molar-refractivity contribution in [2.75, 3.05) is 29.9 Å². The van der Waals surface area contributed by atoms with Gasteiger partial charge in [0.2, 0.25) is 11.8 Å². The van der Waals surface area contributed by atoms with Crippen molar-refractivity contribution in [3.8, 4) is 6.07 Å². The average molecular weight is 418 g/mol. The molecule has 7 heteroatoms. The van der Waals surface area contributed by atoms with Gasteiger partial charge in [0.05, 0.1) is 23.1 Å². The van der Waals surface area contributed by atoms with Crippen molar-refractivity contribution in [1.82, 2.24) is 5.32 Å². The molecular weight excluding hydrogens is 392 g/mol. The monoisotopic (exact) mass is 418 g/mol. The third kappa shape index (κ3) is 3.69. The molecule has 2 amide bonds. The van der Waals surface area contributed by atoms with Crippen molar-refractivity contribution in [1.29, 1.82) is 5.26 Å². The number of amides is 2. The van der Waals surface area contributed by atoms with Crippen molar-refractivity contribution in [2.24, 2.45) is 5.41 Å². The second-order valence-electron chi connectivity index (χ2n) is 9.13. The number of nitrogens with one attached hydrogen (secondary N) is 2. The Bertz CT molecular complexity index is 1060. The number of benzene rings is 2. The van der Waals surface area contributed by atoms with E-state index in [9.17, 15) is 14.7 Å². The number of fused-ring (bicyclic) bond motifs is 2. The summed E-state index contributed by atoms with van der Waals surface area (Å²) in [5.41, 5.74) is 1.67. The van der Waals surface area contributed by atoms with Crippen molar-refractivity contribution < 1.29 is 14.7 Å². The Hall–Kier alpha value is -3.21. The van der Waals surface area contributed by atoms with Crippen molar-refractivity contribution >= 4 is 23.2 Å². The molecule has 7 nitrogen and oxygen atoms in total. The summed E-state index contributed by atoms with van der Waals surface area (Å²) in [6.07, 6.45) is 0.362. The van der Waals surface area contributed by atoms with E-state index in [0.29, 0.717) is 30.8 Å². The number of nitrogens with zero attached hydrogens (tertiary/aromatic N) is 2. The second kappa shape index (κ2) is 7.80. The molecule has 2 aromatic carbocycles. The number of aliphatic hydroxyl groups is 1. The molecule has 2 unspecified atom stereocenters. The van der Waals surface area contributed by atoms with Gasteiger partial charge in [-0.1, -0.05) is 32.0 Å². The van der Waals surface area contributed by atoms with Gasteiger partial charge in [-0.3, -0.25) is 9.59 Å². The lowest BCUT2D eigenvalue weighted by atomic mass is 9.79. The summed E-state index contributed by atoms with van der Waals surface area (Å²) < 4.78 is 0. The molecule has 31 heavy (non-hydrogen) atoms. The molecule has 0 aliphatic carbocycles. The fourth-order valence-electron chi connectivity index (χ4n) is 4.43. The normalized spacial score (nSPS) is 22.5. The van der Waals surface area contributed by atoms with Gasteiger partial charge in [-0.2, -0.15) is 5.26 Å². The zero-order valence-corrected chi connectivity index (χ0v) is 17.7. The summed E-state index contributed by atoms with van der Waals surface area (Å²) in [6, 6.07) is 15.9. The van der Waals surface area contributed by atoms with Gasteiger partial charge in [-0.15, -0.1) is 0 Å². The average Bonchev–Trinajstić information content (AvgIpc) is 3.32. The maximum absolute atomic E-state index is 13.6. The lowest BCUT2D eigenvalue weighted by Crippen LogP contribution is -2.45. The standard InChI is InChI=1S/C24H26N4O3/c1-23(2,15-29)14-28-20-6-4-3-5-18(20)24(22(28)31)11-19(26-13-24)21(30)27-17-9-7-16(12-25)8-10-17/h3-10,19,26,29H,11,13-15H2,1-2H3,(H,27,30). The van der Waals surface area contributed by atoms with E-state index in [-0.39, 0.29) is 18.4 Å². The van der Waals surface area contributed by atoms with Gasteiger partial charge in [0.1, 0.15) is 0 Å². The van der Waals surface area contributed by atoms with E-state index in [1.807, 2.05) is 38.1 Å². The van der Waals surface area contributed by atoms with E-state index in [1.165, 1.54) is 0 Å². The molecule has 0 bridgehead atoms. The van der Waals surface area contributed by atoms with Gasteiger partial charge >= 0.3 is 0 Å². The first-order valence-electron chi connectivity index (χ1n) is 10.4. The van der Waals surface area contributed by atoms with Crippen LogP contribution >= 0.6 is 0 Å². The number of hydrogen-bond acceptors (Lipinski definition) is 5. The Kier molecular flexibility index (Phi) is 5.29. The zero-order valence-electron chi connectivity index (χ0n) is 17.7. The molecule has 1 fully saturated rings. The number of nitriles is 1. The third-order valence-electron chi connectivity index (χ3n) is 6.18. The number of hydrogen-bond donors (Lipinski definition) is 3. The van der Waals surface area contributed by atoms with E-state index >= 15 is 0 Å². The van der Waals surface area contributed by atoms with Crippen LogP contribution in [-0.2, 0) is 15.0 Å². The summed E-state index contributed by atoms with van der Waals surface area (Å²) in [5, 5.41) is 24.7. The molecular formula is C24H26N4O3. The molecule has 2 atom stereocenters. The number of carbonyl (C=O) groups excluding carboxylic acids is 2. The van der Waals surface area contributed by atoms with Crippen molar-refractivity contribution in [3.63, 3.8) is 0 Å². The third-order valence-corrected chi connectivity index (χ3v) is 6.18. The number of para-hydroxylation sites is 1. The molecule has 2 aliphatic rings. The van der Waals surface area contributed by atoms with Gasteiger partial charge in [0.25, 0.3) is 0 Å². The lowest BCUT2D eigenvalue weighted by molar-refractivity contribution is -0.123. The molecule has 160 valence electrons. The summed E-state index contributed by atoms with van der Waals surface area (Å²) in [5.74, 6) is -0.239. The SMILES string of the molecule is CC(C)(CO)CN1C(=O)C2(CNC(C(=O)Nc3ccc(C#N)cc3)C2)c2ccccc21. The number of rotatable bonds is 5. The molecule has 2 heterocycles. The van der Waals surface area contributed by atoms with Crippen LogP contribution in [0.4, 0.5) is 11.4 Å². The highest BCUT2D eigenvalue weighted by Gasteiger charge is 2.56. The largest absolute Gasteiger partial charge is 0.396 e. The summed E-state index contributed by atoms with van der Waals surface area (Å²) in [6.45, 7) is 4.61. The van der Waals surface area contributed by atoms with Gasteiger partial charge in [0, 0.05) is 36.5 Å². The first-order chi connectivity index (χ1) is 14.8. The second-order valence-corrected chi connectivity index (χ2v) is 9.13. The van der Waals surface area contributed by atoms with Crippen LogP contribution in [0.25, 0.3) is 0 Å². The highest BCUT2D eigenvalue weighted by Crippen LogP contribution is 2.47. The summed E-state index contributed by atoms with van der Waals surface area (Å²) in [7, 11) is 0. The Balaban J connectivity index is 1.56. The van der Waals surface area contributed by atoms with Gasteiger partial charge in [-0.05, 0) is 42.3 Å². The van der Waals surface area contributed by atoms with Gasteiger partial charge in [0.15, 0.2) is 0 Å². The number of anilines is 2. The molecule has 2 aliphatic heterocycles. The highest BCUT2D eigenvalue weighted by atomic mass is 16.3. The Morgan fingerprint density at radius 3 is 2.68 bits per heavy atom. The first-order valence-corrected chi connectivity index (χ1v) is 10.4. The van der Waals surface area contributed by atoms with E-state index in [4.69, 9.17) is 5.26 Å². The maximum Gasteiger partial charge on any atom is 0.241 e. The van der Waals surface area contributed by atoms with Crippen LogP contribution in [0.2, 0.25) is 0 Å². The van der Waals surface area contributed by atoms with Crippen LogP contribution in [0.5, 0.6) is 0 Å². The van der Waals surface area contributed by atoms with E-state index in [0.717, 1.165) is 11.3 Å². The van der Waals surface area contributed by atoms with Crippen molar-refractivity contribution in [2.45, 2.75) is 31.7 Å². The molecule has 4 rings (SSSR count). The molecule has 3 N–H and O–H groups in total. The predicted octanol–water partition coefficient (Wildman–Crippen LogP) is 2.16. The Morgan fingerprint density at radius 2 is 2.00 bits per heavy atom. The van der Waals surface area contributed by atoms with Crippen LogP contribution in [-0.4, -0.2) is 42.7 Å². The minimum atomic E-state index is -0.797. The molecule has 1 saturated heterocycles. The molecule has 0 radical (unpaired) electrons. The predicted molar refractivity (Wildman–Crippen MR) is 118 cm³/mol. The number of aliphatic hydroxyl groups excluding tert-OH is 1. The molecule has 1 spiro atoms. The quantitative estimate of drug-likeness (QED) is 0.690. The summed E-state index contributed by atoms with van der Waals surface area (Å²) in [4.78, 5) is 28.3. The number of carbonyl (C=O) groups is 2. The summed E-state index contributed by atoms with van der Waals surface area (Å²) >= 11 is 0. The van der Waals surface area contributed by atoms with Gasteiger partial charge < -0.3 is 20.6 Å². The van der Waals surface area contributed by atoms with Crippen LogP contribution in [0, 0.1) is 16.7 Å². The molecule has 0 aromatic heterocycles. The minimum Gasteiger partial charge on any atom is -0.396 e. The van der Waals surface area contributed by atoms with E-state index in [2.05, 4.69) is 16.7 Å². The van der Waals surface area contributed by atoms with Crippen molar-refractivity contribution in [3.05, 3.63) is 59.7 Å². The lowest BCUT2D eigenvalue weighted by Gasteiger charge is -2.30.